The first-order valence-electron chi connectivity index (χ1n) is 5.33. The van der Waals surface area contributed by atoms with Gasteiger partial charge in [-0.15, -0.1) is 0 Å². The van der Waals surface area contributed by atoms with Gasteiger partial charge in [0.25, 0.3) is 0 Å². The molecule has 2 N–H and O–H groups in total. The van der Waals surface area contributed by atoms with Gasteiger partial charge in [0.15, 0.2) is 0 Å². The highest BCUT2D eigenvalue weighted by Crippen LogP contribution is 2.31. The van der Waals surface area contributed by atoms with Crippen LogP contribution in [0.2, 0.25) is 0 Å². The van der Waals surface area contributed by atoms with Crippen LogP contribution in [0.1, 0.15) is 31.9 Å². The molecule has 15 heavy (non-hydrogen) atoms. The van der Waals surface area contributed by atoms with Crippen LogP contribution in [-0.4, -0.2) is 7.11 Å². The van der Waals surface area contributed by atoms with Crippen molar-refractivity contribution in [3.63, 3.8) is 0 Å². The molecule has 0 aliphatic rings. The van der Waals surface area contributed by atoms with Gasteiger partial charge in [0.05, 0.1) is 7.11 Å². The molecule has 2 heteroatoms. The number of methoxy groups -OCH3 is 1. The van der Waals surface area contributed by atoms with Crippen LogP contribution in [0, 0.1) is 12.8 Å². The Bertz CT molecular complexity index is 342. The lowest BCUT2D eigenvalue weighted by atomic mass is 9.80. The van der Waals surface area contributed by atoms with Crippen molar-refractivity contribution in [2.24, 2.45) is 11.7 Å². The Morgan fingerprint density at radius 3 is 2.40 bits per heavy atom. The van der Waals surface area contributed by atoms with Crippen molar-refractivity contribution in [1.29, 1.82) is 0 Å². The number of nitrogens with two attached hydrogens (primary N) is 1. The zero-order valence-electron chi connectivity index (χ0n) is 10.3. The molecule has 0 aromatic heterocycles. The van der Waals surface area contributed by atoms with Gasteiger partial charge in [0.1, 0.15) is 5.75 Å². The van der Waals surface area contributed by atoms with Crippen LogP contribution < -0.4 is 10.5 Å². The second-order valence-electron chi connectivity index (χ2n) is 4.62. The maximum Gasteiger partial charge on any atom is 0.119 e. The van der Waals surface area contributed by atoms with Gasteiger partial charge < -0.3 is 10.5 Å². The summed E-state index contributed by atoms with van der Waals surface area (Å²) in [5.74, 6) is 1.26. The first-order valence-corrected chi connectivity index (χ1v) is 5.33. The first kappa shape index (κ1) is 12.1. The molecule has 1 atom stereocenters. The Morgan fingerprint density at radius 1 is 1.33 bits per heavy atom. The van der Waals surface area contributed by atoms with E-state index >= 15 is 0 Å². The predicted octanol–water partition coefficient (Wildman–Crippen LogP) is 2.83. The SMILES string of the molecule is COc1ccc(C)c(C(C)(N)C(C)C)c1. The van der Waals surface area contributed by atoms with Crippen LogP contribution in [0.4, 0.5) is 0 Å². The van der Waals surface area contributed by atoms with Crippen LogP contribution in [0.5, 0.6) is 5.75 Å². The van der Waals surface area contributed by atoms with E-state index < -0.39 is 0 Å². The molecule has 1 aromatic rings. The van der Waals surface area contributed by atoms with Gasteiger partial charge in [-0.05, 0) is 43.0 Å². The Balaban J connectivity index is 3.23. The van der Waals surface area contributed by atoms with Crippen molar-refractivity contribution < 1.29 is 4.74 Å². The summed E-state index contributed by atoms with van der Waals surface area (Å²) in [6, 6.07) is 6.06. The van der Waals surface area contributed by atoms with Gasteiger partial charge in [0, 0.05) is 5.54 Å². The van der Waals surface area contributed by atoms with E-state index in [1.54, 1.807) is 7.11 Å². The number of hydrogen-bond acceptors (Lipinski definition) is 2. The Morgan fingerprint density at radius 2 is 1.93 bits per heavy atom. The Kier molecular flexibility index (Phi) is 3.40. The standard InChI is InChI=1S/C13H21NO/c1-9(2)13(4,14)12-8-11(15-5)7-6-10(12)3/h6-9H,14H2,1-5H3. The molecule has 84 valence electrons. The molecule has 0 spiro atoms. The molecule has 0 aliphatic heterocycles. The van der Waals surface area contributed by atoms with Crippen LogP contribution in [0.25, 0.3) is 0 Å². The lowest BCUT2D eigenvalue weighted by molar-refractivity contribution is 0.345. The minimum atomic E-state index is -0.307. The average molecular weight is 207 g/mol. The fraction of sp³-hybridized carbons (Fsp3) is 0.538. The largest absolute Gasteiger partial charge is 0.497 e. The van der Waals surface area contributed by atoms with Gasteiger partial charge >= 0.3 is 0 Å². The van der Waals surface area contributed by atoms with Gasteiger partial charge in [-0.2, -0.15) is 0 Å². The second kappa shape index (κ2) is 4.23. The maximum absolute atomic E-state index is 6.35. The van der Waals surface area contributed by atoms with E-state index in [1.807, 2.05) is 12.1 Å². The third-order valence-corrected chi connectivity index (χ3v) is 3.22. The molecule has 1 aromatic carbocycles. The summed E-state index contributed by atoms with van der Waals surface area (Å²) in [4.78, 5) is 0. The zero-order valence-corrected chi connectivity index (χ0v) is 10.3. The molecule has 0 aliphatic carbocycles. The summed E-state index contributed by atoms with van der Waals surface area (Å²) >= 11 is 0. The lowest BCUT2D eigenvalue weighted by Gasteiger charge is -2.31. The van der Waals surface area contributed by atoms with E-state index in [4.69, 9.17) is 10.5 Å². The van der Waals surface area contributed by atoms with Crippen molar-refractivity contribution in [2.75, 3.05) is 7.11 Å². The summed E-state index contributed by atoms with van der Waals surface area (Å²) in [6.07, 6.45) is 0. The number of aryl methyl sites for hydroxylation is 1. The summed E-state index contributed by atoms with van der Waals surface area (Å²) in [6.45, 7) is 8.43. The quantitative estimate of drug-likeness (QED) is 0.827. The predicted molar refractivity (Wildman–Crippen MR) is 64.1 cm³/mol. The summed E-state index contributed by atoms with van der Waals surface area (Å²) in [5, 5.41) is 0. The van der Waals surface area contributed by atoms with Gasteiger partial charge in [0.2, 0.25) is 0 Å². The Labute approximate surface area is 92.4 Å². The summed E-state index contributed by atoms with van der Waals surface area (Å²) < 4.78 is 5.23. The number of hydrogen-bond donors (Lipinski definition) is 1. The second-order valence-corrected chi connectivity index (χ2v) is 4.62. The third-order valence-electron chi connectivity index (χ3n) is 3.22. The summed E-state index contributed by atoms with van der Waals surface area (Å²) in [7, 11) is 1.68. The van der Waals surface area contributed by atoms with Crippen LogP contribution >= 0.6 is 0 Å². The topological polar surface area (TPSA) is 35.2 Å². The van der Waals surface area contributed by atoms with E-state index in [-0.39, 0.29) is 5.54 Å². The highest BCUT2D eigenvalue weighted by atomic mass is 16.5. The maximum atomic E-state index is 6.35. The highest BCUT2D eigenvalue weighted by Gasteiger charge is 2.27. The van der Waals surface area contributed by atoms with Crippen molar-refractivity contribution in [2.45, 2.75) is 33.2 Å². The van der Waals surface area contributed by atoms with E-state index in [0.717, 1.165) is 11.3 Å². The van der Waals surface area contributed by atoms with Gasteiger partial charge in [-0.25, -0.2) is 0 Å². The minimum absolute atomic E-state index is 0.307. The van der Waals surface area contributed by atoms with E-state index in [0.29, 0.717) is 5.92 Å². The molecular weight excluding hydrogens is 186 g/mol. The molecule has 0 bridgehead atoms. The van der Waals surface area contributed by atoms with Crippen molar-refractivity contribution >= 4 is 0 Å². The molecule has 1 unspecified atom stereocenters. The monoisotopic (exact) mass is 207 g/mol. The van der Waals surface area contributed by atoms with E-state index in [1.165, 1.54) is 5.56 Å². The number of benzene rings is 1. The van der Waals surface area contributed by atoms with Crippen molar-refractivity contribution in [3.05, 3.63) is 29.3 Å². The molecule has 0 amide bonds. The highest BCUT2D eigenvalue weighted by molar-refractivity contribution is 5.39. The molecule has 0 saturated heterocycles. The zero-order chi connectivity index (χ0) is 11.6. The third kappa shape index (κ3) is 2.32. The van der Waals surface area contributed by atoms with Gasteiger partial charge in [-0.3, -0.25) is 0 Å². The molecule has 0 fully saturated rings. The van der Waals surface area contributed by atoms with Crippen molar-refractivity contribution in [1.82, 2.24) is 0 Å². The molecule has 0 saturated carbocycles. The normalized spacial score (nSPS) is 15.1. The molecular formula is C13H21NO. The number of ether oxygens (including phenoxy) is 1. The first-order chi connectivity index (χ1) is 6.89. The average Bonchev–Trinajstić information content (AvgIpc) is 2.18. The minimum Gasteiger partial charge on any atom is -0.497 e. The van der Waals surface area contributed by atoms with Crippen LogP contribution in [0.3, 0.4) is 0 Å². The van der Waals surface area contributed by atoms with Crippen LogP contribution in [0.15, 0.2) is 18.2 Å². The lowest BCUT2D eigenvalue weighted by Crippen LogP contribution is -2.39. The van der Waals surface area contributed by atoms with E-state index in [9.17, 15) is 0 Å². The molecule has 0 radical (unpaired) electrons. The van der Waals surface area contributed by atoms with Crippen LogP contribution in [-0.2, 0) is 5.54 Å². The summed E-state index contributed by atoms with van der Waals surface area (Å²) in [5.41, 5.74) is 8.42. The fourth-order valence-electron chi connectivity index (χ4n) is 1.62. The van der Waals surface area contributed by atoms with Gasteiger partial charge in [-0.1, -0.05) is 19.9 Å². The molecule has 0 heterocycles. The Hall–Kier alpha value is -1.02. The molecule has 2 nitrogen and oxygen atoms in total. The number of rotatable bonds is 3. The smallest absolute Gasteiger partial charge is 0.119 e. The fourth-order valence-corrected chi connectivity index (χ4v) is 1.62. The van der Waals surface area contributed by atoms with Crippen molar-refractivity contribution in [3.8, 4) is 5.75 Å². The van der Waals surface area contributed by atoms with E-state index in [2.05, 4.69) is 33.8 Å². The molecule has 1 rings (SSSR count).